The number of phenols is 1. The van der Waals surface area contributed by atoms with Gasteiger partial charge < -0.3 is 53.7 Å². The summed E-state index contributed by atoms with van der Waals surface area (Å²) in [5, 5.41) is 28.8. The molecule has 0 aromatic heterocycles. The number of nitrogens with zero attached hydrogens (tertiary/aromatic N) is 3. The zero-order valence-electron chi connectivity index (χ0n) is 29.3. The fraction of sp³-hybridized carbons (Fsp3) is 0.375. The SMILES string of the molecule is O=C(Oc1cccc(CO)c1)N1CCN(c2ccc(OCCCOCc3ccccc3O)cc2)[C@@H](COc2ccc3c(c2)N(CCCO)CCO3)C1. The van der Waals surface area contributed by atoms with Crippen molar-refractivity contribution in [2.75, 3.05) is 75.6 Å². The minimum absolute atomic E-state index is 0.121. The number of anilines is 2. The predicted octanol–water partition coefficient (Wildman–Crippen LogP) is 5.22. The number of phenolic OH excluding ortho intramolecular Hbond substituents is 1. The summed E-state index contributed by atoms with van der Waals surface area (Å²) in [6, 6.07) is 27.5. The van der Waals surface area contributed by atoms with Gasteiger partial charge in [-0.15, -0.1) is 0 Å². The van der Waals surface area contributed by atoms with Crippen molar-refractivity contribution in [2.24, 2.45) is 0 Å². The summed E-state index contributed by atoms with van der Waals surface area (Å²) in [6.45, 7) is 5.04. The zero-order valence-corrected chi connectivity index (χ0v) is 29.3. The van der Waals surface area contributed by atoms with Gasteiger partial charge in [0.25, 0.3) is 0 Å². The first-order valence-corrected chi connectivity index (χ1v) is 17.8. The molecule has 1 fully saturated rings. The van der Waals surface area contributed by atoms with E-state index in [4.69, 9.17) is 23.7 Å². The van der Waals surface area contributed by atoms with Crippen molar-refractivity contribution in [3.8, 4) is 28.7 Å². The van der Waals surface area contributed by atoms with Gasteiger partial charge in [0.15, 0.2) is 0 Å². The molecule has 52 heavy (non-hydrogen) atoms. The van der Waals surface area contributed by atoms with Crippen LogP contribution in [-0.2, 0) is 18.0 Å². The Morgan fingerprint density at radius 3 is 2.50 bits per heavy atom. The van der Waals surface area contributed by atoms with E-state index in [1.54, 1.807) is 41.3 Å². The van der Waals surface area contributed by atoms with Crippen molar-refractivity contribution >= 4 is 17.5 Å². The van der Waals surface area contributed by atoms with Crippen molar-refractivity contribution in [3.05, 3.63) is 102 Å². The lowest BCUT2D eigenvalue weighted by Gasteiger charge is -2.42. The number of carbonyl (C=O) groups excluding carboxylic acids is 1. The van der Waals surface area contributed by atoms with Gasteiger partial charge in [0.1, 0.15) is 42.0 Å². The van der Waals surface area contributed by atoms with Crippen molar-refractivity contribution < 1.29 is 43.8 Å². The number of hydrogen-bond acceptors (Lipinski definition) is 11. The van der Waals surface area contributed by atoms with Gasteiger partial charge in [-0.25, -0.2) is 4.79 Å². The van der Waals surface area contributed by atoms with Crippen LogP contribution in [0.4, 0.5) is 16.2 Å². The highest BCUT2D eigenvalue weighted by molar-refractivity contribution is 5.71. The zero-order chi connectivity index (χ0) is 36.1. The number of aromatic hydroxyl groups is 1. The Hall–Kier alpha value is -5.17. The predicted molar refractivity (Wildman–Crippen MR) is 197 cm³/mol. The molecule has 1 atom stereocenters. The Kier molecular flexibility index (Phi) is 12.9. The van der Waals surface area contributed by atoms with Gasteiger partial charge in [0, 0.05) is 56.5 Å². The van der Waals surface area contributed by atoms with Crippen LogP contribution in [0, 0.1) is 0 Å². The number of para-hydroxylation sites is 1. The molecule has 0 spiro atoms. The second-order valence-corrected chi connectivity index (χ2v) is 12.7. The Morgan fingerprint density at radius 2 is 1.67 bits per heavy atom. The maximum absolute atomic E-state index is 13.3. The third kappa shape index (κ3) is 9.78. The lowest BCUT2D eigenvalue weighted by atomic mass is 10.1. The van der Waals surface area contributed by atoms with Crippen molar-refractivity contribution in [2.45, 2.75) is 32.1 Å². The van der Waals surface area contributed by atoms with Crippen LogP contribution in [0.25, 0.3) is 0 Å². The summed E-state index contributed by atoms with van der Waals surface area (Å²) in [5.41, 5.74) is 3.33. The number of carbonyl (C=O) groups is 1. The molecule has 6 rings (SSSR count). The van der Waals surface area contributed by atoms with E-state index >= 15 is 0 Å². The molecule has 2 heterocycles. The van der Waals surface area contributed by atoms with Crippen LogP contribution in [0.15, 0.2) is 91.0 Å². The molecule has 12 heteroatoms. The van der Waals surface area contributed by atoms with E-state index in [2.05, 4.69) is 9.80 Å². The first-order valence-electron chi connectivity index (χ1n) is 17.8. The topological polar surface area (TPSA) is 134 Å². The fourth-order valence-electron chi connectivity index (χ4n) is 6.30. The smallest absolute Gasteiger partial charge is 0.415 e. The summed E-state index contributed by atoms with van der Waals surface area (Å²) in [6.07, 6.45) is 0.903. The molecule has 0 unspecified atom stereocenters. The highest BCUT2D eigenvalue weighted by Gasteiger charge is 2.32. The molecular weight excluding hydrogens is 666 g/mol. The second kappa shape index (κ2) is 18.4. The van der Waals surface area contributed by atoms with Gasteiger partial charge >= 0.3 is 6.09 Å². The third-order valence-corrected chi connectivity index (χ3v) is 9.06. The summed E-state index contributed by atoms with van der Waals surface area (Å²) in [7, 11) is 0. The molecule has 1 saturated heterocycles. The molecule has 3 N–H and O–H groups in total. The number of hydrogen-bond donors (Lipinski definition) is 3. The van der Waals surface area contributed by atoms with Gasteiger partial charge in [0.05, 0.1) is 44.7 Å². The van der Waals surface area contributed by atoms with Gasteiger partial charge in [-0.05, 0) is 66.6 Å². The molecule has 0 aliphatic carbocycles. The van der Waals surface area contributed by atoms with E-state index in [0.717, 1.165) is 41.5 Å². The van der Waals surface area contributed by atoms with Crippen molar-refractivity contribution in [3.63, 3.8) is 0 Å². The van der Waals surface area contributed by atoms with Crippen molar-refractivity contribution in [1.82, 2.24) is 4.90 Å². The Morgan fingerprint density at radius 1 is 0.827 bits per heavy atom. The first-order chi connectivity index (χ1) is 25.5. The minimum atomic E-state index is -0.460. The maximum Gasteiger partial charge on any atom is 0.415 e. The van der Waals surface area contributed by atoms with E-state index in [1.807, 2.05) is 54.6 Å². The van der Waals surface area contributed by atoms with E-state index in [0.29, 0.717) is 82.6 Å². The summed E-state index contributed by atoms with van der Waals surface area (Å²) >= 11 is 0. The highest BCUT2D eigenvalue weighted by atomic mass is 16.6. The van der Waals surface area contributed by atoms with Crippen LogP contribution >= 0.6 is 0 Å². The lowest BCUT2D eigenvalue weighted by molar-refractivity contribution is 0.106. The molecule has 4 aromatic rings. The van der Waals surface area contributed by atoms with Crippen LogP contribution in [0.5, 0.6) is 28.7 Å². The normalized spacial score (nSPS) is 15.5. The quantitative estimate of drug-likeness (QED) is 0.132. The largest absolute Gasteiger partial charge is 0.508 e. The molecular formula is C40H47N3O9. The average Bonchev–Trinajstić information content (AvgIpc) is 3.18. The van der Waals surface area contributed by atoms with E-state index < -0.39 is 6.09 Å². The van der Waals surface area contributed by atoms with Gasteiger partial charge in [-0.1, -0.05) is 30.3 Å². The number of ether oxygens (including phenoxy) is 5. The van der Waals surface area contributed by atoms with E-state index in [1.165, 1.54) is 0 Å². The molecule has 2 aliphatic heterocycles. The Balaban J connectivity index is 1.09. The van der Waals surface area contributed by atoms with Crippen LogP contribution < -0.4 is 28.7 Å². The molecule has 2 aliphatic rings. The number of aliphatic hydroxyl groups is 2. The monoisotopic (exact) mass is 713 g/mol. The van der Waals surface area contributed by atoms with Gasteiger partial charge in [-0.3, -0.25) is 0 Å². The van der Waals surface area contributed by atoms with E-state index in [-0.39, 0.29) is 25.0 Å². The summed E-state index contributed by atoms with van der Waals surface area (Å²) < 4.78 is 29.6. The first kappa shape index (κ1) is 36.6. The number of piperazine rings is 1. The van der Waals surface area contributed by atoms with Gasteiger partial charge in [-0.2, -0.15) is 0 Å². The lowest BCUT2D eigenvalue weighted by Crippen LogP contribution is -2.57. The summed E-state index contributed by atoms with van der Waals surface area (Å²) in [5.74, 6) is 2.83. The fourth-order valence-corrected chi connectivity index (χ4v) is 6.30. The van der Waals surface area contributed by atoms with Crippen LogP contribution in [-0.4, -0.2) is 98.1 Å². The second-order valence-electron chi connectivity index (χ2n) is 12.7. The standard InChI is InChI=1S/C40H47N3O9/c44-20-4-16-41-19-23-50-39-15-14-35(25-37(39)41)51-29-33-26-42(40(47)52-36-8-3-6-30(24-36)27-45)17-18-43(33)32-10-12-34(13-11-32)49-22-5-21-48-28-31-7-1-2-9-38(31)46/h1-3,6-15,24-25,33,44-46H,4-5,16-23,26-29H2/t33-/m1/s1. The molecule has 276 valence electrons. The highest BCUT2D eigenvalue weighted by Crippen LogP contribution is 2.35. The molecule has 0 radical (unpaired) electrons. The maximum atomic E-state index is 13.3. The van der Waals surface area contributed by atoms with Crippen LogP contribution in [0.3, 0.4) is 0 Å². The Labute approximate surface area is 304 Å². The number of fused-ring (bicyclic) bond motifs is 1. The van der Waals surface area contributed by atoms with Crippen LogP contribution in [0.2, 0.25) is 0 Å². The molecule has 1 amide bonds. The average molecular weight is 714 g/mol. The number of aliphatic hydroxyl groups excluding tert-OH is 2. The molecule has 0 bridgehead atoms. The van der Waals surface area contributed by atoms with Crippen LogP contribution in [0.1, 0.15) is 24.0 Å². The molecule has 4 aromatic carbocycles. The van der Waals surface area contributed by atoms with E-state index in [9.17, 15) is 20.1 Å². The minimum Gasteiger partial charge on any atom is -0.508 e. The molecule has 12 nitrogen and oxygen atoms in total. The number of amides is 1. The molecule has 0 saturated carbocycles. The van der Waals surface area contributed by atoms with Gasteiger partial charge in [0.2, 0.25) is 0 Å². The third-order valence-electron chi connectivity index (χ3n) is 9.06. The summed E-state index contributed by atoms with van der Waals surface area (Å²) in [4.78, 5) is 19.4. The Bertz CT molecular complexity index is 1740. The number of benzene rings is 4. The van der Waals surface area contributed by atoms with Crippen molar-refractivity contribution in [1.29, 1.82) is 0 Å². The number of rotatable bonds is 16.